The zero-order chi connectivity index (χ0) is 15.3. The van der Waals surface area contributed by atoms with Gasteiger partial charge in [0.2, 0.25) is 0 Å². The van der Waals surface area contributed by atoms with Crippen LogP contribution in [-0.4, -0.2) is 24.1 Å². The summed E-state index contributed by atoms with van der Waals surface area (Å²) in [6.07, 6.45) is 0.584. The first kappa shape index (κ1) is 15.9. The molecule has 0 bridgehead atoms. The van der Waals surface area contributed by atoms with E-state index < -0.39 is 10.9 Å². The van der Waals surface area contributed by atoms with Gasteiger partial charge < -0.3 is 9.47 Å². The monoisotopic (exact) mass is 281 g/mol. The Bertz CT molecular complexity index is 498. The number of methoxy groups -OCH3 is 1. The molecule has 1 rings (SSSR count). The molecule has 0 N–H and O–H groups in total. The van der Waals surface area contributed by atoms with E-state index >= 15 is 0 Å². The first-order valence-corrected chi connectivity index (χ1v) is 6.38. The molecule has 1 aromatic carbocycles. The number of benzene rings is 1. The van der Waals surface area contributed by atoms with Crippen LogP contribution in [-0.2, 0) is 4.74 Å². The second-order valence-electron chi connectivity index (χ2n) is 4.99. The third-order valence-corrected chi connectivity index (χ3v) is 2.71. The minimum atomic E-state index is -0.554. The lowest BCUT2D eigenvalue weighted by Gasteiger charge is -2.16. The quantitative estimate of drug-likeness (QED) is 0.454. The number of hydrogen-bond donors (Lipinski definition) is 0. The Labute approximate surface area is 117 Å². The summed E-state index contributed by atoms with van der Waals surface area (Å²) < 4.78 is 10.2. The van der Waals surface area contributed by atoms with E-state index in [0.29, 0.717) is 5.92 Å². The molecule has 0 spiro atoms. The van der Waals surface area contributed by atoms with Gasteiger partial charge in [0.25, 0.3) is 0 Å². The molecule has 0 amide bonds. The molecule has 0 aliphatic rings. The molecule has 1 unspecified atom stereocenters. The van der Waals surface area contributed by atoms with E-state index in [9.17, 15) is 14.9 Å². The van der Waals surface area contributed by atoms with Crippen molar-refractivity contribution in [2.24, 2.45) is 5.92 Å². The van der Waals surface area contributed by atoms with Crippen molar-refractivity contribution in [2.45, 2.75) is 33.3 Å². The molecule has 0 aliphatic heterocycles. The molecule has 0 heterocycles. The highest BCUT2D eigenvalue weighted by Crippen LogP contribution is 2.30. The summed E-state index contributed by atoms with van der Waals surface area (Å²) in [5.41, 5.74) is 0.0677. The molecule has 110 valence electrons. The number of rotatable bonds is 6. The van der Waals surface area contributed by atoms with E-state index in [2.05, 4.69) is 4.74 Å². The van der Waals surface area contributed by atoms with Crippen LogP contribution in [0, 0.1) is 16.0 Å². The highest BCUT2D eigenvalue weighted by Gasteiger charge is 2.20. The second kappa shape index (κ2) is 6.88. The smallest absolute Gasteiger partial charge is 0.337 e. The molecule has 20 heavy (non-hydrogen) atoms. The first-order chi connectivity index (χ1) is 9.35. The van der Waals surface area contributed by atoms with Crippen molar-refractivity contribution in [1.82, 2.24) is 0 Å². The third-order valence-electron chi connectivity index (χ3n) is 2.71. The van der Waals surface area contributed by atoms with Crippen LogP contribution in [0.3, 0.4) is 0 Å². The summed E-state index contributed by atoms with van der Waals surface area (Å²) in [6, 6.07) is 3.95. The maximum absolute atomic E-state index is 11.5. The zero-order valence-electron chi connectivity index (χ0n) is 12.1. The van der Waals surface area contributed by atoms with Crippen molar-refractivity contribution in [3.8, 4) is 5.75 Å². The predicted octanol–water partition coefficient (Wildman–Crippen LogP) is 3.19. The van der Waals surface area contributed by atoms with Gasteiger partial charge in [0, 0.05) is 12.1 Å². The summed E-state index contributed by atoms with van der Waals surface area (Å²) in [7, 11) is 1.26. The molecule has 0 saturated heterocycles. The molecular weight excluding hydrogens is 262 g/mol. The average molecular weight is 281 g/mol. The molecule has 0 aromatic heterocycles. The SMILES string of the molecule is COC(=O)c1ccc([N+](=O)[O-])c(OC(C)CC(C)C)c1. The minimum absolute atomic E-state index is 0.0889. The second-order valence-corrected chi connectivity index (χ2v) is 4.99. The van der Waals surface area contributed by atoms with Crippen LogP contribution in [0.15, 0.2) is 18.2 Å². The molecule has 0 fully saturated rings. The van der Waals surface area contributed by atoms with Gasteiger partial charge in [0.05, 0.1) is 23.7 Å². The predicted molar refractivity (Wildman–Crippen MR) is 74.0 cm³/mol. The number of nitro benzene ring substituents is 1. The number of carbonyl (C=O) groups excluding carboxylic acids is 1. The normalized spacial score (nSPS) is 12.1. The van der Waals surface area contributed by atoms with Gasteiger partial charge in [0.1, 0.15) is 0 Å². The molecule has 1 aromatic rings. The van der Waals surface area contributed by atoms with Gasteiger partial charge in [0.15, 0.2) is 5.75 Å². The Morgan fingerprint density at radius 2 is 2.00 bits per heavy atom. The molecule has 1 atom stereocenters. The van der Waals surface area contributed by atoms with Gasteiger partial charge in [-0.25, -0.2) is 4.79 Å². The van der Waals surface area contributed by atoms with E-state index in [1.807, 2.05) is 20.8 Å². The van der Waals surface area contributed by atoms with Crippen LogP contribution in [0.5, 0.6) is 5.75 Å². The van der Waals surface area contributed by atoms with E-state index in [-0.39, 0.29) is 23.1 Å². The van der Waals surface area contributed by atoms with Gasteiger partial charge in [-0.2, -0.15) is 0 Å². The topological polar surface area (TPSA) is 78.7 Å². The Morgan fingerprint density at radius 1 is 1.35 bits per heavy atom. The van der Waals surface area contributed by atoms with Crippen molar-refractivity contribution in [3.63, 3.8) is 0 Å². The van der Waals surface area contributed by atoms with Crippen molar-refractivity contribution in [1.29, 1.82) is 0 Å². The Hall–Kier alpha value is -2.11. The Balaban J connectivity index is 3.06. The van der Waals surface area contributed by atoms with E-state index in [4.69, 9.17) is 4.74 Å². The van der Waals surface area contributed by atoms with Crippen LogP contribution in [0.25, 0.3) is 0 Å². The largest absolute Gasteiger partial charge is 0.484 e. The number of carbonyl (C=O) groups is 1. The number of nitro groups is 1. The maximum Gasteiger partial charge on any atom is 0.337 e. The summed E-state index contributed by atoms with van der Waals surface area (Å²) in [6.45, 7) is 5.92. The fourth-order valence-corrected chi connectivity index (χ4v) is 1.93. The summed E-state index contributed by atoms with van der Waals surface area (Å²) in [5.74, 6) is -0.0554. The van der Waals surface area contributed by atoms with Crippen LogP contribution < -0.4 is 4.74 Å². The Morgan fingerprint density at radius 3 is 2.50 bits per heavy atom. The molecule has 6 nitrogen and oxygen atoms in total. The first-order valence-electron chi connectivity index (χ1n) is 6.38. The lowest BCUT2D eigenvalue weighted by atomic mass is 10.1. The fourth-order valence-electron chi connectivity index (χ4n) is 1.93. The van der Waals surface area contributed by atoms with Crippen molar-refractivity contribution in [3.05, 3.63) is 33.9 Å². The van der Waals surface area contributed by atoms with Crippen molar-refractivity contribution >= 4 is 11.7 Å². The standard InChI is InChI=1S/C14H19NO5/c1-9(2)7-10(3)20-13-8-11(14(16)19-4)5-6-12(13)15(17)18/h5-6,8-10H,7H2,1-4H3. The Kier molecular flexibility index (Phi) is 5.49. The molecule has 0 aliphatic carbocycles. The van der Waals surface area contributed by atoms with Crippen LogP contribution >= 0.6 is 0 Å². The fraction of sp³-hybridized carbons (Fsp3) is 0.500. The van der Waals surface area contributed by atoms with E-state index in [1.165, 1.54) is 25.3 Å². The zero-order valence-corrected chi connectivity index (χ0v) is 12.1. The van der Waals surface area contributed by atoms with E-state index in [1.54, 1.807) is 0 Å². The average Bonchev–Trinajstić information content (AvgIpc) is 2.36. The third kappa shape index (κ3) is 4.22. The van der Waals surface area contributed by atoms with Gasteiger partial charge in [-0.15, -0.1) is 0 Å². The molecule has 0 saturated carbocycles. The van der Waals surface area contributed by atoms with Gasteiger partial charge in [-0.05, 0) is 25.3 Å². The molecule has 6 heteroatoms. The maximum atomic E-state index is 11.5. The highest BCUT2D eigenvalue weighted by molar-refractivity contribution is 5.90. The summed E-state index contributed by atoms with van der Waals surface area (Å²) >= 11 is 0. The van der Waals surface area contributed by atoms with Crippen molar-refractivity contribution < 1.29 is 19.2 Å². The van der Waals surface area contributed by atoms with E-state index in [0.717, 1.165) is 6.42 Å². The van der Waals surface area contributed by atoms with Gasteiger partial charge in [-0.3, -0.25) is 10.1 Å². The van der Waals surface area contributed by atoms with Gasteiger partial charge in [-0.1, -0.05) is 13.8 Å². The highest BCUT2D eigenvalue weighted by atomic mass is 16.6. The summed E-state index contributed by atoms with van der Waals surface area (Å²) in [4.78, 5) is 21.9. The lowest BCUT2D eigenvalue weighted by molar-refractivity contribution is -0.386. The van der Waals surface area contributed by atoms with Gasteiger partial charge >= 0.3 is 11.7 Å². The van der Waals surface area contributed by atoms with Crippen molar-refractivity contribution in [2.75, 3.05) is 7.11 Å². The van der Waals surface area contributed by atoms with Crippen LogP contribution in [0.1, 0.15) is 37.6 Å². The number of hydrogen-bond acceptors (Lipinski definition) is 5. The number of esters is 1. The summed E-state index contributed by atoms with van der Waals surface area (Å²) in [5, 5.41) is 11.0. The van der Waals surface area contributed by atoms with Crippen LogP contribution in [0.4, 0.5) is 5.69 Å². The number of ether oxygens (including phenoxy) is 2. The minimum Gasteiger partial charge on any atom is -0.484 e. The molecule has 0 radical (unpaired) electrons. The molecular formula is C14H19NO5. The number of nitrogens with zero attached hydrogens (tertiary/aromatic N) is 1. The lowest BCUT2D eigenvalue weighted by Crippen LogP contribution is -2.15. The van der Waals surface area contributed by atoms with Crippen LogP contribution in [0.2, 0.25) is 0 Å².